The third-order valence-corrected chi connectivity index (χ3v) is 5.84. The van der Waals surface area contributed by atoms with Crippen LogP contribution in [-0.2, 0) is 17.9 Å². The summed E-state index contributed by atoms with van der Waals surface area (Å²) in [4.78, 5) is 39.6. The normalized spacial score (nSPS) is 10.8. The Morgan fingerprint density at radius 3 is 2.11 bits per heavy atom. The van der Waals surface area contributed by atoms with E-state index in [1.54, 1.807) is 36.4 Å². The Morgan fingerprint density at radius 1 is 0.861 bits per heavy atom. The number of para-hydroxylation sites is 1. The third-order valence-electron chi connectivity index (χ3n) is 5.84. The van der Waals surface area contributed by atoms with E-state index < -0.39 is 17.2 Å². The smallest absolute Gasteiger partial charge is 0.332 e. The van der Waals surface area contributed by atoms with Crippen molar-refractivity contribution in [2.45, 2.75) is 20.0 Å². The molecule has 1 amide bonds. The Balaban J connectivity index is 1.72. The van der Waals surface area contributed by atoms with Gasteiger partial charge in [0.1, 0.15) is 6.54 Å². The van der Waals surface area contributed by atoms with Crippen LogP contribution in [0.3, 0.4) is 0 Å². The van der Waals surface area contributed by atoms with Gasteiger partial charge in [-0.2, -0.15) is 0 Å². The summed E-state index contributed by atoms with van der Waals surface area (Å²) in [6.45, 7) is 1.76. The zero-order valence-corrected chi connectivity index (χ0v) is 20.5. The first-order valence-electron chi connectivity index (χ1n) is 11.2. The van der Waals surface area contributed by atoms with Gasteiger partial charge in [-0.1, -0.05) is 42.0 Å². The van der Waals surface area contributed by atoms with Gasteiger partial charge in [0.2, 0.25) is 11.7 Å². The minimum absolute atomic E-state index is 0.0945. The molecule has 0 aliphatic rings. The van der Waals surface area contributed by atoms with Crippen molar-refractivity contribution < 1.29 is 19.0 Å². The highest BCUT2D eigenvalue weighted by Gasteiger charge is 2.18. The zero-order valence-electron chi connectivity index (χ0n) is 20.5. The Hall–Kier alpha value is -4.53. The van der Waals surface area contributed by atoms with Crippen molar-refractivity contribution in [3.8, 4) is 17.2 Å². The van der Waals surface area contributed by atoms with E-state index in [1.807, 2.05) is 31.2 Å². The Bertz CT molecular complexity index is 1510. The maximum absolute atomic E-state index is 13.4. The average molecular weight is 490 g/mol. The second kappa shape index (κ2) is 10.4. The van der Waals surface area contributed by atoms with E-state index in [0.717, 1.165) is 15.7 Å². The lowest BCUT2D eigenvalue weighted by molar-refractivity contribution is -0.116. The number of carbonyl (C=O) groups is 1. The summed E-state index contributed by atoms with van der Waals surface area (Å²) < 4.78 is 18.5. The summed E-state index contributed by atoms with van der Waals surface area (Å²) in [5.41, 5.74) is 1.69. The fourth-order valence-electron chi connectivity index (χ4n) is 4.04. The van der Waals surface area contributed by atoms with Crippen molar-refractivity contribution in [2.24, 2.45) is 0 Å². The van der Waals surface area contributed by atoms with Gasteiger partial charge in [0.15, 0.2) is 11.5 Å². The number of aromatic nitrogens is 2. The van der Waals surface area contributed by atoms with Gasteiger partial charge in [-0.3, -0.25) is 18.7 Å². The molecule has 1 heterocycles. The van der Waals surface area contributed by atoms with E-state index in [0.29, 0.717) is 33.8 Å². The average Bonchev–Trinajstić information content (AvgIpc) is 2.89. The van der Waals surface area contributed by atoms with Crippen molar-refractivity contribution >= 4 is 22.5 Å². The minimum atomic E-state index is -0.570. The van der Waals surface area contributed by atoms with E-state index in [1.165, 1.54) is 25.9 Å². The summed E-state index contributed by atoms with van der Waals surface area (Å²) >= 11 is 0. The number of hydrogen-bond acceptors (Lipinski definition) is 6. The van der Waals surface area contributed by atoms with Gasteiger partial charge >= 0.3 is 5.69 Å². The monoisotopic (exact) mass is 489 g/mol. The molecule has 0 radical (unpaired) electrons. The summed E-state index contributed by atoms with van der Waals surface area (Å²) in [5.74, 6) is 0.684. The molecule has 0 atom stereocenters. The molecule has 36 heavy (non-hydrogen) atoms. The number of amides is 1. The fourth-order valence-corrected chi connectivity index (χ4v) is 4.04. The quantitative estimate of drug-likeness (QED) is 0.408. The van der Waals surface area contributed by atoms with E-state index in [-0.39, 0.29) is 13.1 Å². The topological polar surface area (TPSA) is 101 Å². The molecule has 0 saturated carbocycles. The van der Waals surface area contributed by atoms with Gasteiger partial charge in [0, 0.05) is 17.8 Å². The summed E-state index contributed by atoms with van der Waals surface area (Å²) in [5, 5.41) is 3.12. The van der Waals surface area contributed by atoms with Gasteiger partial charge in [0.25, 0.3) is 5.56 Å². The van der Waals surface area contributed by atoms with Crippen LogP contribution >= 0.6 is 0 Å². The molecule has 186 valence electrons. The fraction of sp³-hybridized carbons (Fsp3) is 0.222. The first-order valence-corrected chi connectivity index (χ1v) is 11.2. The number of rotatable bonds is 8. The number of fused-ring (bicyclic) bond motifs is 1. The maximum atomic E-state index is 13.4. The van der Waals surface area contributed by atoms with E-state index >= 15 is 0 Å². The number of anilines is 1. The third kappa shape index (κ3) is 4.81. The molecule has 4 rings (SSSR count). The summed E-state index contributed by atoms with van der Waals surface area (Å²) in [6.07, 6.45) is 0. The number of ether oxygens (including phenoxy) is 3. The molecule has 9 heteroatoms. The van der Waals surface area contributed by atoms with Crippen molar-refractivity contribution in [2.75, 3.05) is 26.6 Å². The molecule has 0 unspecified atom stereocenters. The molecule has 0 bridgehead atoms. The highest BCUT2D eigenvalue weighted by molar-refractivity contribution is 5.92. The number of methoxy groups -OCH3 is 3. The lowest BCUT2D eigenvalue weighted by Gasteiger charge is -2.16. The van der Waals surface area contributed by atoms with E-state index in [9.17, 15) is 14.4 Å². The van der Waals surface area contributed by atoms with Gasteiger partial charge in [-0.15, -0.1) is 0 Å². The van der Waals surface area contributed by atoms with Crippen LogP contribution in [0.2, 0.25) is 0 Å². The van der Waals surface area contributed by atoms with Crippen LogP contribution < -0.4 is 30.8 Å². The lowest BCUT2D eigenvalue weighted by atomic mass is 10.1. The maximum Gasteiger partial charge on any atom is 0.332 e. The van der Waals surface area contributed by atoms with Crippen LogP contribution in [0.4, 0.5) is 5.69 Å². The Morgan fingerprint density at radius 2 is 1.50 bits per heavy atom. The van der Waals surface area contributed by atoms with E-state index in [4.69, 9.17) is 14.2 Å². The zero-order chi connectivity index (χ0) is 25.8. The number of carbonyl (C=O) groups excluding carboxylic acids is 1. The van der Waals surface area contributed by atoms with Gasteiger partial charge in [-0.25, -0.2) is 4.79 Å². The molecule has 3 aromatic carbocycles. The lowest BCUT2D eigenvalue weighted by Crippen LogP contribution is -2.42. The molecule has 4 aromatic rings. The highest BCUT2D eigenvalue weighted by Crippen LogP contribution is 2.39. The van der Waals surface area contributed by atoms with Crippen LogP contribution in [-0.4, -0.2) is 36.4 Å². The van der Waals surface area contributed by atoms with Crippen LogP contribution in [0, 0.1) is 6.92 Å². The number of aryl methyl sites for hydroxylation is 1. The van der Waals surface area contributed by atoms with Crippen LogP contribution in [0.25, 0.3) is 10.9 Å². The predicted molar refractivity (Wildman–Crippen MR) is 137 cm³/mol. The predicted octanol–water partition coefficient (Wildman–Crippen LogP) is 3.18. The summed E-state index contributed by atoms with van der Waals surface area (Å²) in [7, 11) is 4.44. The molecule has 1 N–H and O–H groups in total. The first-order chi connectivity index (χ1) is 17.4. The first kappa shape index (κ1) is 24.6. The number of nitrogens with one attached hydrogen (secondary N) is 1. The molecule has 9 nitrogen and oxygen atoms in total. The highest BCUT2D eigenvalue weighted by atomic mass is 16.5. The second-order valence-electron chi connectivity index (χ2n) is 8.22. The molecule has 0 spiro atoms. The Kier molecular flexibility index (Phi) is 7.10. The van der Waals surface area contributed by atoms with Crippen molar-refractivity contribution in [3.63, 3.8) is 0 Å². The minimum Gasteiger partial charge on any atom is -0.493 e. The molecule has 0 saturated heterocycles. The molecule has 0 fully saturated rings. The molecule has 0 aliphatic carbocycles. The SMILES string of the molecule is COc1cc(NC(=O)Cn2c(=O)n(Cc3ccc(C)cc3)c(=O)c3ccccc32)cc(OC)c1OC. The number of nitrogens with zero attached hydrogens (tertiary/aromatic N) is 2. The van der Waals surface area contributed by atoms with Crippen LogP contribution in [0.1, 0.15) is 11.1 Å². The van der Waals surface area contributed by atoms with Crippen LogP contribution in [0.15, 0.2) is 70.3 Å². The van der Waals surface area contributed by atoms with E-state index in [2.05, 4.69) is 5.32 Å². The Labute approximate surface area is 207 Å². The molecule has 0 aliphatic heterocycles. The number of benzene rings is 3. The molecular formula is C27H27N3O6. The van der Waals surface area contributed by atoms with Crippen molar-refractivity contribution in [3.05, 3.63) is 92.6 Å². The van der Waals surface area contributed by atoms with Gasteiger partial charge in [-0.05, 0) is 24.6 Å². The van der Waals surface area contributed by atoms with Gasteiger partial charge < -0.3 is 19.5 Å². The molecule has 1 aromatic heterocycles. The standard InChI is InChI=1S/C27H27N3O6/c1-17-9-11-18(12-10-17)15-30-26(32)20-7-5-6-8-21(20)29(27(30)33)16-24(31)28-19-13-22(34-2)25(36-4)23(14-19)35-3/h5-14H,15-16H2,1-4H3,(H,28,31). The van der Waals surface area contributed by atoms with Gasteiger partial charge in [0.05, 0.1) is 38.8 Å². The molecular weight excluding hydrogens is 462 g/mol. The van der Waals surface area contributed by atoms with Crippen molar-refractivity contribution in [1.82, 2.24) is 9.13 Å². The van der Waals surface area contributed by atoms with Crippen LogP contribution in [0.5, 0.6) is 17.2 Å². The van der Waals surface area contributed by atoms with Crippen molar-refractivity contribution in [1.29, 1.82) is 0 Å². The largest absolute Gasteiger partial charge is 0.493 e. The summed E-state index contributed by atoms with van der Waals surface area (Å²) in [6, 6.07) is 17.5. The number of hydrogen-bond donors (Lipinski definition) is 1. The second-order valence-corrected chi connectivity index (χ2v) is 8.22.